The molecule has 0 radical (unpaired) electrons. The second kappa shape index (κ2) is 5.32. The van der Waals surface area contributed by atoms with E-state index in [1.165, 1.54) is 7.11 Å². The number of nitrogens with zero attached hydrogens (tertiary/aromatic N) is 1. The van der Waals surface area contributed by atoms with Gasteiger partial charge in [0.1, 0.15) is 23.6 Å². The van der Waals surface area contributed by atoms with E-state index in [9.17, 15) is 4.79 Å². The number of methoxy groups -OCH3 is 1. The molecule has 21 heavy (non-hydrogen) atoms. The SMILES string of the molecule is COC(=O)c1ccc2cc(OCc3cc(C)on3)oc2c1. The Balaban J connectivity index is 1.79. The molecule has 2 aromatic heterocycles. The van der Waals surface area contributed by atoms with Crippen LogP contribution in [-0.4, -0.2) is 18.2 Å². The largest absolute Gasteiger partial charge is 0.465 e. The first kappa shape index (κ1) is 13.2. The van der Waals surface area contributed by atoms with Gasteiger partial charge in [0.25, 0.3) is 5.95 Å². The van der Waals surface area contributed by atoms with Gasteiger partial charge in [-0.25, -0.2) is 4.79 Å². The maximum atomic E-state index is 11.5. The Bertz CT molecular complexity index is 786. The number of carbonyl (C=O) groups is 1. The summed E-state index contributed by atoms with van der Waals surface area (Å²) in [5.41, 5.74) is 1.67. The van der Waals surface area contributed by atoms with Crippen molar-refractivity contribution in [1.29, 1.82) is 0 Å². The normalized spacial score (nSPS) is 10.8. The number of carbonyl (C=O) groups excluding carboxylic acids is 1. The number of aryl methyl sites for hydroxylation is 1. The molecule has 0 fully saturated rings. The summed E-state index contributed by atoms with van der Waals surface area (Å²) in [7, 11) is 1.34. The monoisotopic (exact) mass is 287 g/mol. The summed E-state index contributed by atoms with van der Waals surface area (Å²) >= 11 is 0. The molecule has 0 saturated carbocycles. The lowest BCUT2D eigenvalue weighted by atomic mass is 10.2. The molecule has 0 saturated heterocycles. The second-order valence-corrected chi connectivity index (χ2v) is 4.53. The van der Waals surface area contributed by atoms with Gasteiger partial charge < -0.3 is 18.4 Å². The Morgan fingerprint density at radius 2 is 2.14 bits per heavy atom. The smallest absolute Gasteiger partial charge is 0.337 e. The quantitative estimate of drug-likeness (QED) is 0.686. The first-order valence-corrected chi connectivity index (χ1v) is 6.32. The molecule has 0 amide bonds. The zero-order valence-corrected chi connectivity index (χ0v) is 11.6. The van der Waals surface area contributed by atoms with Gasteiger partial charge in [-0.15, -0.1) is 0 Å². The van der Waals surface area contributed by atoms with Gasteiger partial charge in [-0.2, -0.15) is 0 Å². The molecule has 0 spiro atoms. The van der Waals surface area contributed by atoms with Crippen LogP contribution < -0.4 is 4.74 Å². The number of aromatic nitrogens is 1. The minimum absolute atomic E-state index is 0.251. The van der Waals surface area contributed by atoms with E-state index in [1.807, 2.05) is 6.92 Å². The van der Waals surface area contributed by atoms with Crippen molar-refractivity contribution in [3.63, 3.8) is 0 Å². The lowest BCUT2D eigenvalue weighted by molar-refractivity contribution is 0.0600. The number of benzene rings is 1. The molecule has 0 unspecified atom stereocenters. The fraction of sp³-hybridized carbons (Fsp3) is 0.200. The van der Waals surface area contributed by atoms with E-state index in [2.05, 4.69) is 9.89 Å². The number of rotatable bonds is 4. The van der Waals surface area contributed by atoms with E-state index in [4.69, 9.17) is 13.7 Å². The average Bonchev–Trinajstić information content (AvgIpc) is 3.08. The molecule has 0 aliphatic rings. The van der Waals surface area contributed by atoms with Crippen LogP contribution in [0.5, 0.6) is 5.95 Å². The van der Waals surface area contributed by atoms with Crippen LogP contribution in [-0.2, 0) is 11.3 Å². The first-order valence-electron chi connectivity index (χ1n) is 6.32. The number of furan rings is 1. The highest BCUT2D eigenvalue weighted by atomic mass is 16.6. The molecular weight excluding hydrogens is 274 g/mol. The summed E-state index contributed by atoms with van der Waals surface area (Å²) in [5.74, 6) is 0.669. The summed E-state index contributed by atoms with van der Waals surface area (Å²) in [4.78, 5) is 11.5. The molecule has 1 aromatic carbocycles. The molecule has 0 aliphatic heterocycles. The van der Waals surface area contributed by atoms with Gasteiger partial charge in [0.2, 0.25) is 0 Å². The molecule has 6 nitrogen and oxygen atoms in total. The zero-order valence-electron chi connectivity index (χ0n) is 11.6. The molecule has 0 atom stereocenters. The number of esters is 1. The number of hydrogen-bond donors (Lipinski definition) is 0. The molecule has 108 valence electrons. The third kappa shape index (κ3) is 2.74. The predicted octanol–water partition coefficient (Wildman–Crippen LogP) is 3.09. The van der Waals surface area contributed by atoms with Gasteiger partial charge in [-0.1, -0.05) is 11.2 Å². The highest BCUT2D eigenvalue weighted by Crippen LogP contribution is 2.26. The first-order chi connectivity index (χ1) is 10.2. The Kier molecular flexibility index (Phi) is 3.35. The van der Waals surface area contributed by atoms with Crippen LogP contribution in [0.25, 0.3) is 11.0 Å². The van der Waals surface area contributed by atoms with Crippen molar-refractivity contribution >= 4 is 16.9 Å². The van der Waals surface area contributed by atoms with Gasteiger partial charge in [0.05, 0.1) is 12.7 Å². The van der Waals surface area contributed by atoms with Crippen molar-refractivity contribution in [2.45, 2.75) is 13.5 Å². The summed E-state index contributed by atoms with van der Waals surface area (Å²) in [5, 5.41) is 4.67. The van der Waals surface area contributed by atoms with Crippen molar-refractivity contribution in [3.05, 3.63) is 47.3 Å². The van der Waals surface area contributed by atoms with Crippen molar-refractivity contribution in [1.82, 2.24) is 5.16 Å². The average molecular weight is 287 g/mol. The Morgan fingerprint density at radius 1 is 1.29 bits per heavy atom. The Labute approximate surface area is 120 Å². The van der Waals surface area contributed by atoms with Crippen molar-refractivity contribution < 1.29 is 23.2 Å². The number of ether oxygens (including phenoxy) is 2. The number of fused-ring (bicyclic) bond motifs is 1. The topological polar surface area (TPSA) is 74.7 Å². The highest BCUT2D eigenvalue weighted by molar-refractivity contribution is 5.94. The minimum atomic E-state index is -0.408. The molecule has 0 aliphatic carbocycles. The molecule has 3 aromatic rings. The van der Waals surface area contributed by atoms with Crippen LogP contribution in [0.4, 0.5) is 0 Å². The molecule has 0 bridgehead atoms. The van der Waals surface area contributed by atoms with Crippen molar-refractivity contribution in [2.24, 2.45) is 0 Å². The third-order valence-electron chi connectivity index (χ3n) is 2.96. The lowest BCUT2D eigenvalue weighted by Gasteiger charge is -1.98. The van der Waals surface area contributed by atoms with Gasteiger partial charge >= 0.3 is 5.97 Å². The highest BCUT2D eigenvalue weighted by Gasteiger charge is 2.11. The standard InChI is InChI=1S/C15H13NO5/c1-9-5-12(16-21-9)8-19-14-7-10-3-4-11(15(17)18-2)6-13(10)20-14/h3-7H,8H2,1-2H3. The lowest BCUT2D eigenvalue weighted by Crippen LogP contribution is -1.99. The van der Waals surface area contributed by atoms with Crippen molar-refractivity contribution in [2.75, 3.05) is 7.11 Å². The van der Waals surface area contributed by atoms with E-state index < -0.39 is 5.97 Å². The van der Waals surface area contributed by atoms with Gasteiger partial charge in [0.15, 0.2) is 0 Å². The van der Waals surface area contributed by atoms with Gasteiger partial charge in [-0.05, 0) is 19.1 Å². The number of hydrogen-bond acceptors (Lipinski definition) is 6. The summed E-state index contributed by atoms with van der Waals surface area (Å²) in [6.45, 7) is 2.06. The van der Waals surface area contributed by atoms with E-state index in [-0.39, 0.29) is 6.61 Å². The molecule has 6 heteroatoms. The summed E-state index contributed by atoms with van der Waals surface area (Å²) in [6.07, 6.45) is 0. The minimum Gasteiger partial charge on any atom is -0.465 e. The van der Waals surface area contributed by atoms with Gasteiger partial charge in [-0.3, -0.25) is 0 Å². The van der Waals surface area contributed by atoms with Crippen LogP contribution >= 0.6 is 0 Å². The molecule has 3 rings (SSSR count). The fourth-order valence-corrected chi connectivity index (χ4v) is 1.95. The Morgan fingerprint density at radius 3 is 2.86 bits per heavy atom. The molecule has 2 heterocycles. The molecule has 0 N–H and O–H groups in total. The van der Waals surface area contributed by atoms with Crippen molar-refractivity contribution in [3.8, 4) is 5.95 Å². The van der Waals surface area contributed by atoms with E-state index in [0.29, 0.717) is 22.8 Å². The fourth-order valence-electron chi connectivity index (χ4n) is 1.95. The maximum Gasteiger partial charge on any atom is 0.337 e. The summed E-state index contributed by atoms with van der Waals surface area (Å²) < 4.78 is 20.7. The van der Waals surface area contributed by atoms with E-state index in [1.54, 1.807) is 30.3 Å². The second-order valence-electron chi connectivity index (χ2n) is 4.53. The van der Waals surface area contributed by atoms with E-state index >= 15 is 0 Å². The third-order valence-corrected chi connectivity index (χ3v) is 2.96. The summed E-state index contributed by atoms with van der Waals surface area (Å²) in [6, 6.07) is 8.61. The van der Waals surface area contributed by atoms with Crippen LogP contribution in [0.2, 0.25) is 0 Å². The van der Waals surface area contributed by atoms with Crippen LogP contribution in [0.3, 0.4) is 0 Å². The Hall–Kier alpha value is -2.76. The predicted molar refractivity (Wildman–Crippen MR) is 73.1 cm³/mol. The van der Waals surface area contributed by atoms with Crippen LogP contribution in [0.1, 0.15) is 21.8 Å². The zero-order chi connectivity index (χ0) is 14.8. The van der Waals surface area contributed by atoms with Crippen LogP contribution in [0, 0.1) is 6.92 Å². The van der Waals surface area contributed by atoms with E-state index in [0.717, 1.165) is 11.1 Å². The van der Waals surface area contributed by atoms with Gasteiger partial charge in [0, 0.05) is 17.5 Å². The molecular formula is C15H13NO5. The maximum absolute atomic E-state index is 11.5. The van der Waals surface area contributed by atoms with Crippen LogP contribution in [0.15, 0.2) is 39.3 Å².